The molecule has 1 aromatic carbocycles. The molecule has 0 saturated heterocycles. The van der Waals surface area contributed by atoms with E-state index in [1.54, 1.807) is 12.1 Å². The van der Waals surface area contributed by atoms with Crippen molar-refractivity contribution >= 4 is 17.3 Å². The van der Waals surface area contributed by atoms with Crippen LogP contribution in [-0.4, -0.2) is 30.1 Å². The molecule has 0 atom stereocenters. The molecule has 0 aliphatic carbocycles. The molecule has 0 bridgehead atoms. The van der Waals surface area contributed by atoms with E-state index in [0.717, 1.165) is 30.7 Å². The number of pyridine rings is 2. The first kappa shape index (κ1) is 18.9. The van der Waals surface area contributed by atoms with Gasteiger partial charge in [0, 0.05) is 25.7 Å². The van der Waals surface area contributed by atoms with Gasteiger partial charge in [0.05, 0.1) is 17.6 Å². The van der Waals surface area contributed by atoms with Crippen molar-refractivity contribution in [1.29, 1.82) is 0 Å². The van der Waals surface area contributed by atoms with Crippen LogP contribution >= 0.6 is 0 Å². The predicted molar refractivity (Wildman–Crippen MR) is 112 cm³/mol. The zero-order chi connectivity index (χ0) is 20.4. The van der Waals surface area contributed by atoms with Gasteiger partial charge in [0.15, 0.2) is 5.82 Å². The zero-order valence-corrected chi connectivity index (χ0v) is 16.1. The Labute approximate surface area is 168 Å². The van der Waals surface area contributed by atoms with Crippen LogP contribution in [0.5, 0.6) is 0 Å². The molecule has 148 valence electrons. The molecule has 1 N–H and O–H groups in total. The fraction of sp³-hybridized carbons (Fsp3) is 0.182. The standard InChI is InChI=1S/C22H21F2N5/c1-15(26-21-10-7-18(24)14-25-21)29-12-4-11-28(2)20-9-8-19(27-22(20)29)16-5-3-6-17(23)13-16/h3,5-10,13-14H,1,4,11-12H2,2H3,(H,25,26). The summed E-state index contributed by atoms with van der Waals surface area (Å²) in [5, 5.41) is 3.13. The highest BCUT2D eigenvalue weighted by Crippen LogP contribution is 2.34. The molecule has 0 spiro atoms. The molecule has 0 unspecified atom stereocenters. The number of nitrogens with one attached hydrogen (secondary N) is 1. The summed E-state index contributed by atoms with van der Waals surface area (Å²) in [4.78, 5) is 13.0. The molecule has 3 heterocycles. The molecule has 2 aromatic heterocycles. The van der Waals surface area contributed by atoms with Gasteiger partial charge >= 0.3 is 0 Å². The van der Waals surface area contributed by atoms with Crippen LogP contribution in [-0.2, 0) is 0 Å². The minimum Gasteiger partial charge on any atom is -0.372 e. The van der Waals surface area contributed by atoms with Gasteiger partial charge in [0.2, 0.25) is 0 Å². The van der Waals surface area contributed by atoms with Crippen molar-refractivity contribution in [3.05, 3.63) is 78.8 Å². The quantitative estimate of drug-likeness (QED) is 0.699. The first-order valence-electron chi connectivity index (χ1n) is 9.34. The Bertz CT molecular complexity index is 1040. The smallest absolute Gasteiger partial charge is 0.158 e. The number of aromatic nitrogens is 2. The normalized spacial score (nSPS) is 13.6. The molecule has 0 fully saturated rings. The number of hydrogen-bond acceptors (Lipinski definition) is 5. The second-order valence-electron chi connectivity index (χ2n) is 6.91. The largest absolute Gasteiger partial charge is 0.372 e. The van der Waals surface area contributed by atoms with Crippen LogP contribution in [0.3, 0.4) is 0 Å². The van der Waals surface area contributed by atoms with Gasteiger partial charge in [-0.25, -0.2) is 18.7 Å². The predicted octanol–water partition coefficient (Wildman–Crippen LogP) is 4.65. The van der Waals surface area contributed by atoms with E-state index >= 15 is 0 Å². The molecule has 0 amide bonds. The van der Waals surface area contributed by atoms with Crippen molar-refractivity contribution < 1.29 is 8.78 Å². The van der Waals surface area contributed by atoms with E-state index in [1.807, 2.05) is 30.1 Å². The van der Waals surface area contributed by atoms with Crippen molar-refractivity contribution in [3.63, 3.8) is 0 Å². The summed E-state index contributed by atoms with van der Waals surface area (Å²) in [6, 6.07) is 13.2. The van der Waals surface area contributed by atoms with E-state index in [0.29, 0.717) is 29.4 Å². The molecular weight excluding hydrogens is 372 g/mol. The van der Waals surface area contributed by atoms with Crippen LogP contribution in [0, 0.1) is 11.6 Å². The summed E-state index contributed by atoms with van der Waals surface area (Å²) >= 11 is 0. The highest BCUT2D eigenvalue weighted by Gasteiger charge is 2.23. The summed E-state index contributed by atoms with van der Waals surface area (Å²) in [7, 11) is 2.02. The van der Waals surface area contributed by atoms with Crippen LogP contribution in [0.4, 0.5) is 26.1 Å². The van der Waals surface area contributed by atoms with Crippen molar-refractivity contribution in [2.75, 3.05) is 35.3 Å². The van der Waals surface area contributed by atoms with Gasteiger partial charge in [-0.3, -0.25) is 0 Å². The highest BCUT2D eigenvalue weighted by molar-refractivity contribution is 5.75. The maximum Gasteiger partial charge on any atom is 0.158 e. The Hall–Kier alpha value is -3.48. The van der Waals surface area contributed by atoms with E-state index in [4.69, 9.17) is 4.98 Å². The minimum atomic E-state index is -0.399. The van der Waals surface area contributed by atoms with Crippen LogP contribution in [0.2, 0.25) is 0 Å². The maximum atomic E-state index is 13.7. The number of halogens is 2. The Kier molecular flexibility index (Phi) is 5.12. The highest BCUT2D eigenvalue weighted by atomic mass is 19.1. The fourth-order valence-electron chi connectivity index (χ4n) is 3.37. The number of rotatable bonds is 4. The van der Waals surface area contributed by atoms with Crippen LogP contribution in [0.15, 0.2) is 67.1 Å². The van der Waals surface area contributed by atoms with Gasteiger partial charge in [0.1, 0.15) is 23.3 Å². The van der Waals surface area contributed by atoms with Gasteiger partial charge in [-0.15, -0.1) is 0 Å². The number of fused-ring (bicyclic) bond motifs is 1. The second-order valence-corrected chi connectivity index (χ2v) is 6.91. The van der Waals surface area contributed by atoms with Crippen molar-refractivity contribution in [2.24, 2.45) is 0 Å². The van der Waals surface area contributed by atoms with E-state index in [-0.39, 0.29) is 5.82 Å². The van der Waals surface area contributed by atoms with E-state index in [2.05, 4.69) is 21.8 Å². The van der Waals surface area contributed by atoms with Crippen LogP contribution in [0.25, 0.3) is 11.3 Å². The van der Waals surface area contributed by atoms with Gasteiger partial charge in [-0.05, 0) is 42.8 Å². The summed E-state index contributed by atoms with van der Waals surface area (Å²) in [5.41, 5.74) is 2.34. The number of hydrogen-bond donors (Lipinski definition) is 1. The Morgan fingerprint density at radius 3 is 2.69 bits per heavy atom. The Morgan fingerprint density at radius 1 is 1.07 bits per heavy atom. The summed E-state index contributed by atoms with van der Waals surface area (Å²) in [6.07, 6.45) is 2.06. The molecule has 0 saturated carbocycles. The molecule has 3 aromatic rings. The van der Waals surface area contributed by atoms with E-state index in [9.17, 15) is 8.78 Å². The summed E-state index contributed by atoms with van der Waals surface area (Å²) in [5.74, 6) is 1.11. The number of nitrogens with zero attached hydrogens (tertiary/aromatic N) is 4. The average molecular weight is 393 g/mol. The average Bonchev–Trinajstić information content (AvgIpc) is 2.88. The monoisotopic (exact) mass is 393 g/mol. The maximum absolute atomic E-state index is 13.7. The lowest BCUT2D eigenvalue weighted by molar-refractivity contribution is 0.622. The van der Waals surface area contributed by atoms with Gasteiger partial charge < -0.3 is 15.1 Å². The zero-order valence-electron chi connectivity index (χ0n) is 16.1. The second kappa shape index (κ2) is 7.87. The van der Waals surface area contributed by atoms with Gasteiger partial charge in [0.25, 0.3) is 0 Å². The van der Waals surface area contributed by atoms with E-state index in [1.165, 1.54) is 18.2 Å². The Morgan fingerprint density at radius 2 is 1.93 bits per heavy atom. The first-order valence-corrected chi connectivity index (χ1v) is 9.34. The number of anilines is 3. The fourth-order valence-corrected chi connectivity index (χ4v) is 3.37. The van der Waals surface area contributed by atoms with Crippen LogP contribution < -0.4 is 15.1 Å². The summed E-state index contributed by atoms with van der Waals surface area (Å²) < 4.78 is 26.8. The van der Waals surface area contributed by atoms with Gasteiger partial charge in [-0.1, -0.05) is 18.7 Å². The van der Waals surface area contributed by atoms with Crippen molar-refractivity contribution in [2.45, 2.75) is 6.42 Å². The Balaban J connectivity index is 1.70. The molecule has 1 aliphatic rings. The molecule has 7 heteroatoms. The third-order valence-electron chi connectivity index (χ3n) is 4.84. The van der Waals surface area contributed by atoms with Crippen LogP contribution in [0.1, 0.15) is 6.42 Å². The molecule has 5 nitrogen and oxygen atoms in total. The third-order valence-corrected chi connectivity index (χ3v) is 4.84. The first-order chi connectivity index (χ1) is 14.0. The lowest BCUT2D eigenvalue weighted by atomic mass is 10.1. The van der Waals surface area contributed by atoms with E-state index < -0.39 is 5.82 Å². The summed E-state index contributed by atoms with van der Waals surface area (Å²) in [6.45, 7) is 5.71. The molecule has 4 rings (SSSR count). The SMILES string of the molecule is C=C(Nc1ccc(F)cn1)N1CCCN(C)c2ccc(-c3cccc(F)c3)nc21. The molecule has 29 heavy (non-hydrogen) atoms. The third kappa shape index (κ3) is 4.03. The molecule has 1 aliphatic heterocycles. The minimum absolute atomic E-state index is 0.304. The molecule has 0 radical (unpaired) electrons. The topological polar surface area (TPSA) is 44.3 Å². The number of benzene rings is 1. The van der Waals surface area contributed by atoms with Crippen molar-refractivity contribution in [1.82, 2.24) is 9.97 Å². The molecular formula is C22H21F2N5. The van der Waals surface area contributed by atoms with Gasteiger partial charge in [-0.2, -0.15) is 0 Å². The lowest BCUT2D eigenvalue weighted by Gasteiger charge is -2.27. The van der Waals surface area contributed by atoms with Crippen molar-refractivity contribution in [3.8, 4) is 11.3 Å². The lowest BCUT2D eigenvalue weighted by Crippen LogP contribution is -2.28.